The Morgan fingerprint density at radius 1 is 1.32 bits per heavy atom. The molecule has 4 nitrogen and oxygen atoms in total. The van der Waals surface area contributed by atoms with Gasteiger partial charge in [0, 0.05) is 25.2 Å². The molecule has 1 amide bonds. The zero-order chi connectivity index (χ0) is 13.7. The van der Waals surface area contributed by atoms with Crippen molar-refractivity contribution in [3.63, 3.8) is 0 Å². The summed E-state index contributed by atoms with van der Waals surface area (Å²) in [5, 5.41) is 12.5. The highest BCUT2D eigenvalue weighted by atomic mass is 16.5. The third kappa shape index (κ3) is 3.69. The van der Waals surface area contributed by atoms with Gasteiger partial charge in [0.1, 0.15) is 6.61 Å². The molecule has 0 aliphatic heterocycles. The van der Waals surface area contributed by atoms with Gasteiger partial charge in [0.15, 0.2) is 0 Å². The molecular formula is C15H27NO3. The van der Waals surface area contributed by atoms with Crippen LogP contribution in [0.2, 0.25) is 0 Å². The molecular weight excluding hydrogens is 242 g/mol. The average Bonchev–Trinajstić information content (AvgIpc) is 2.99. The quantitative estimate of drug-likeness (QED) is 0.660. The van der Waals surface area contributed by atoms with E-state index in [1.54, 1.807) is 0 Å². The van der Waals surface area contributed by atoms with Gasteiger partial charge in [0.05, 0.1) is 0 Å². The average molecular weight is 269 g/mol. The second-order valence-electron chi connectivity index (χ2n) is 6.03. The van der Waals surface area contributed by atoms with Crippen LogP contribution < -0.4 is 5.32 Å². The fourth-order valence-corrected chi connectivity index (χ4v) is 3.74. The Balaban J connectivity index is 1.67. The Labute approximate surface area is 115 Å². The summed E-state index contributed by atoms with van der Waals surface area (Å²) in [5.74, 6) is 1.44. The van der Waals surface area contributed by atoms with Crippen LogP contribution in [-0.2, 0) is 9.53 Å². The van der Waals surface area contributed by atoms with Crippen LogP contribution in [-0.4, -0.2) is 36.9 Å². The lowest BCUT2D eigenvalue weighted by Crippen LogP contribution is -2.46. The lowest BCUT2D eigenvalue weighted by molar-refractivity contribution is -0.127. The highest BCUT2D eigenvalue weighted by Gasteiger charge is 2.47. The summed E-state index contributed by atoms with van der Waals surface area (Å²) in [4.78, 5) is 11.9. The number of hydrogen-bond donors (Lipinski definition) is 2. The van der Waals surface area contributed by atoms with Crippen molar-refractivity contribution in [1.29, 1.82) is 0 Å². The van der Waals surface area contributed by atoms with E-state index in [4.69, 9.17) is 4.74 Å². The van der Waals surface area contributed by atoms with Crippen LogP contribution in [0, 0.1) is 17.8 Å². The topological polar surface area (TPSA) is 58.6 Å². The summed E-state index contributed by atoms with van der Waals surface area (Å²) in [6.07, 6.45) is 6.93. The van der Waals surface area contributed by atoms with Crippen molar-refractivity contribution in [2.24, 2.45) is 17.8 Å². The monoisotopic (exact) mass is 269 g/mol. The van der Waals surface area contributed by atoms with Crippen LogP contribution in [0.1, 0.15) is 45.4 Å². The lowest BCUT2D eigenvalue weighted by atomic mass is 9.85. The molecule has 2 rings (SSSR count). The number of amides is 1. The SMILES string of the molecule is CCCCCOCC(=O)NC1C2CCC(C2)C1CO. The molecule has 0 spiro atoms. The minimum absolute atomic E-state index is 0.0208. The fourth-order valence-electron chi connectivity index (χ4n) is 3.74. The zero-order valence-corrected chi connectivity index (χ0v) is 11.9. The summed E-state index contributed by atoms with van der Waals surface area (Å²) >= 11 is 0. The van der Waals surface area contributed by atoms with Crippen molar-refractivity contribution in [3.8, 4) is 0 Å². The van der Waals surface area contributed by atoms with E-state index in [1.807, 2.05) is 0 Å². The summed E-state index contributed by atoms with van der Waals surface area (Å²) < 4.78 is 5.38. The Morgan fingerprint density at radius 3 is 2.84 bits per heavy atom. The third-order valence-corrected chi connectivity index (χ3v) is 4.75. The molecule has 110 valence electrons. The Bertz CT molecular complexity index is 295. The second kappa shape index (κ2) is 7.25. The first kappa shape index (κ1) is 14.8. The van der Waals surface area contributed by atoms with Crippen LogP contribution >= 0.6 is 0 Å². The predicted molar refractivity (Wildman–Crippen MR) is 73.7 cm³/mol. The van der Waals surface area contributed by atoms with E-state index in [1.165, 1.54) is 25.7 Å². The van der Waals surface area contributed by atoms with Gasteiger partial charge in [-0.15, -0.1) is 0 Å². The molecule has 4 unspecified atom stereocenters. The normalized spacial score (nSPS) is 32.7. The molecule has 2 fully saturated rings. The molecule has 0 saturated heterocycles. The summed E-state index contributed by atoms with van der Waals surface area (Å²) in [6.45, 7) is 3.18. The summed E-state index contributed by atoms with van der Waals surface area (Å²) in [7, 11) is 0. The van der Waals surface area contributed by atoms with E-state index in [0.717, 1.165) is 12.8 Å². The maximum atomic E-state index is 11.9. The molecule has 4 heteroatoms. The number of carbonyl (C=O) groups excluding carboxylic acids is 1. The Kier molecular flexibility index (Phi) is 5.64. The van der Waals surface area contributed by atoms with E-state index in [0.29, 0.717) is 18.4 Å². The molecule has 0 heterocycles. The van der Waals surface area contributed by atoms with E-state index < -0.39 is 0 Å². The van der Waals surface area contributed by atoms with Gasteiger partial charge in [-0.3, -0.25) is 4.79 Å². The molecule has 2 saturated carbocycles. The first-order chi connectivity index (χ1) is 9.26. The molecule has 4 atom stereocenters. The molecule has 0 aromatic carbocycles. The fraction of sp³-hybridized carbons (Fsp3) is 0.933. The number of unbranched alkanes of at least 4 members (excludes halogenated alkanes) is 2. The van der Waals surface area contributed by atoms with Gasteiger partial charge in [-0.25, -0.2) is 0 Å². The van der Waals surface area contributed by atoms with Crippen LogP contribution in [0.3, 0.4) is 0 Å². The van der Waals surface area contributed by atoms with Crippen molar-refractivity contribution in [2.75, 3.05) is 19.8 Å². The number of hydrogen-bond acceptors (Lipinski definition) is 3. The molecule has 19 heavy (non-hydrogen) atoms. The van der Waals surface area contributed by atoms with Crippen molar-refractivity contribution in [1.82, 2.24) is 5.32 Å². The van der Waals surface area contributed by atoms with Crippen molar-refractivity contribution in [2.45, 2.75) is 51.5 Å². The molecule has 2 aliphatic carbocycles. The van der Waals surface area contributed by atoms with Crippen molar-refractivity contribution in [3.05, 3.63) is 0 Å². The van der Waals surface area contributed by atoms with Gasteiger partial charge >= 0.3 is 0 Å². The van der Waals surface area contributed by atoms with Gasteiger partial charge < -0.3 is 15.2 Å². The van der Waals surface area contributed by atoms with Crippen LogP contribution in [0.15, 0.2) is 0 Å². The maximum Gasteiger partial charge on any atom is 0.246 e. The van der Waals surface area contributed by atoms with Gasteiger partial charge in [-0.05, 0) is 37.5 Å². The minimum atomic E-state index is -0.0208. The van der Waals surface area contributed by atoms with Crippen molar-refractivity contribution < 1.29 is 14.6 Å². The minimum Gasteiger partial charge on any atom is -0.396 e. The van der Waals surface area contributed by atoms with Crippen LogP contribution in [0.25, 0.3) is 0 Å². The smallest absolute Gasteiger partial charge is 0.246 e. The second-order valence-corrected chi connectivity index (χ2v) is 6.03. The largest absolute Gasteiger partial charge is 0.396 e. The number of aliphatic hydroxyl groups excluding tert-OH is 1. The Hall–Kier alpha value is -0.610. The van der Waals surface area contributed by atoms with Gasteiger partial charge in [0.25, 0.3) is 0 Å². The Morgan fingerprint density at radius 2 is 2.11 bits per heavy atom. The number of ether oxygens (including phenoxy) is 1. The number of nitrogens with one attached hydrogen (secondary N) is 1. The number of aliphatic hydroxyl groups is 1. The molecule has 0 radical (unpaired) electrons. The highest BCUT2D eigenvalue weighted by Crippen LogP contribution is 2.48. The van der Waals surface area contributed by atoms with E-state index in [9.17, 15) is 9.90 Å². The van der Waals surface area contributed by atoms with E-state index in [2.05, 4.69) is 12.2 Å². The number of rotatable bonds is 8. The standard InChI is InChI=1S/C15H27NO3/c1-2-3-4-7-19-10-14(18)16-15-12-6-5-11(8-12)13(15)9-17/h11-13,15,17H,2-10H2,1H3,(H,16,18). The van der Waals surface area contributed by atoms with Crippen LogP contribution in [0.4, 0.5) is 0 Å². The highest BCUT2D eigenvalue weighted by molar-refractivity contribution is 5.77. The molecule has 2 aliphatic rings. The first-order valence-electron chi connectivity index (χ1n) is 7.74. The maximum absolute atomic E-state index is 11.9. The number of carbonyl (C=O) groups is 1. The third-order valence-electron chi connectivity index (χ3n) is 4.75. The van der Waals surface area contributed by atoms with E-state index >= 15 is 0 Å². The first-order valence-corrected chi connectivity index (χ1v) is 7.74. The van der Waals surface area contributed by atoms with E-state index in [-0.39, 0.29) is 31.1 Å². The molecule has 2 bridgehead atoms. The van der Waals surface area contributed by atoms with Gasteiger partial charge in [0.2, 0.25) is 5.91 Å². The molecule has 0 aromatic heterocycles. The van der Waals surface area contributed by atoms with Gasteiger partial charge in [-0.2, -0.15) is 0 Å². The number of fused-ring (bicyclic) bond motifs is 2. The summed E-state index contributed by atoms with van der Waals surface area (Å²) in [5.41, 5.74) is 0. The zero-order valence-electron chi connectivity index (χ0n) is 11.9. The predicted octanol–water partition coefficient (Wildman–Crippen LogP) is 1.72. The van der Waals surface area contributed by atoms with Crippen molar-refractivity contribution >= 4 is 5.91 Å². The summed E-state index contributed by atoms with van der Waals surface area (Å²) in [6, 6.07) is 0.176. The van der Waals surface area contributed by atoms with Crippen LogP contribution in [0.5, 0.6) is 0 Å². The molecule has 0 aromatic rings. The molecule has 2 N–H and O–H groups in total. The van der Waals surface area contributed by atoms with Gasteiger partial charge in [-0.1, -0.05) is 19.8 Å². The lowest BCUT2D eigenvalue weighted by Gasteiger charge is -2.30.